The van der Waals surface area contributed by atoms with E-state index in [1.54, 1.807) is 12.1 Å². The highest BCUT2D eigenvalue weighted by Gasteiger charge is 2.34. The van der Waals surface area contributed by atoms with Gasteiger partial charge in [-0.2, -0.15) is 0 Å². The number of carbonyl (C=O) groups is 2. The molecule has 5 heteroatoms. The SMILES string of the molecule is CN(C)c1cccc(C(=O)N2Cc3ccccc3C[C@@H]2C(=O)O)c1. The second kappa shape index (κ2) is 6.35. The Balaban J connectivity index is 1.95. The molecule has 1 atom stereocenters. The number of rotatable bonds is 3. The Morgan fingerprint density at radius 1 is 1.08 bits per heavy atom. The van der Waals surface area contributed by atoms with Crippen LogP contribution in [-0.4, -0.2) is 42.0 Å². The highest BCUT2D eigenvalue weighted by Crippen LogP contribution is 2.26. The summed E-state index contributed by atoms with van der Waals surface area (Å²) in [6, 6.07) is 14.1. The monoisotopic (exact) mass is 324 g/mol. The van der Waals surface area contributed by atoms with E-state index >= 15 is 0 Å². The zero-order valence-corrected chi connectivity index (χ0v) is 13.8. The number of carboxylic acids is 1. The van der Waals surface area contributed by atoms with Crippen LogP contribution in [0.3, 0.4) is 0 Å². The maximum Gasteiger partial charge on any atom is 0.326 e. The van der Waals surface area contributed by atoms with Crippen LogP contribution in [-0.2, 0) is 17.8 Å². The Bertz CT molecular complexity index is 786. The molecular weight excluding hydrogens is 304 g/mol. The second-order valence-corrected chi connectivity index (χ2v) is 6.20. The van der Waals surface area contributed by atoms with Crippen LogP contribution in [0.4, 0.5) is 5.69 Å². The largest absolute Gasteiger partial charge is 0.480 e. The number of carboxylic acid groups (broad SMARTS) is 1. The van der Waals surface area contributed by atoms with Crippen LogP contribution in [0.1, 0.15) is 21.5 Å². The molecule has 0 spiro atoms. The lowest BCUT2D eigenvalue weighted by Crippen LogP contribution is -2.48. The van der Waals surface area contributed by atoms with Crippen LogP contribution in [0, 0.1) is 0 Å². The van der Waals surface area contributed by atoms with Gasteiger partial charge in [0.2, 0.25) is 0 Å². The first-order chi connectivity index (χ1) is 11.5. The zero-order chi connectivity index (χ0) is 17.3. The van der Waals surface area contributed by atoms with E-state index in [0.717, 1.165) is 16.8 Å². The van der Waals surface area contributed by atoms with Crippen LogP contribution >= 0.6 is 0 Å². The van der Waals surface area contributed by atoms with Crippen LogP contribution in [0.25, 0.3) is 0 Å². The highest BCUT2D eigenvalue weighted by atomic mass is 16.4. The fraction of sp³-hybridized carbons (Fsp3) is 0.263. The van der Waals surface area contributed by atoms with Gasteiger partial charge in [-0.25, -0.2) is 4.79 Å². The molecule has 124 valence electrons. The van der Waals surface area contributed by atoms with Gasteiger partial charge in [-0.15, -0.1) is 0 Å². The molecule has 3 rings (SSSR count). The molecule has 1 amide bonds. The first-order valence-electron chi connectivity index (χ1n) is 7.85. The topological polar surface area (TPSA) is 60.9 Å². The molecule has 0 fully saturated rings. The molecule has 2 aromatic rings. The Labute approximate surface area is 141 Å². The number of hydrogen-bond acceptors (Lipinski definition) is 3. The molecule has 1 N–H and O–H groups in total. The van der Waals surface area contributed by atoms with E-state index in [9.17, 15) is 14.7 Å². The summed E-state index contributed by atoms with van der Waals surface area (Å²) in [6.45, 7) is 0.318. The molecular formula is C19H20N2O3. The van der Waals surface area contributed by atoms with Gasteiger partial charge in [-0.3, -0.25) is 4.79 Å². The number of anilines is 1. The minimum Gasteiger partial charge on any atom is -0.480 e. The summed E-state index contributed by atoms with van der Waals surface area (Å²) in [6.07, 6.45) is 0.338. The minimum atomic E-state index is -0.971. The van der Waals surface area contributed by atoms with Crippen molar-refractivity contribution in [1.29, 1.82) is 0 Å². The normalized spacial score (nSPS) is 16.4. The molecule has 24 heavy (non-hydrogen) atoms. The first kappa shape index (κ1) is 16.1. The smallest absolute Gasteiger partial charge is 0.326 e. The Morgan fingerprint density at radius 3 is 2.46 bits per heavy atom. The molecule has 1 heterocycles. The second-order valence-electron chi connectivity index (χ2n) is 6.20. The summed E-state index contributed by atoms with van der Waals surface area (Å²) in [5, 5.41) is 9.57. The summed E-state index contributed by atoms with van der Waals surface area (Å²) < 4.78 is 0. The van der Waals surface area contributed by atoms with Crippen molar-refractivity contribution in [3.05, 3.63) is 65.2 Å². The van der Waals surface area contributed by atoms with Gasteiger partial charge in [0.25, 0.3) is 5.91 Å². The van der Waals surface area contributed by atoms with Gasteiger partial charge in [0.1, 0.15) is 6.04 Å². The van der Waals surface area contributed by atoms with Crippen molar-refractivity contribution in [3.63, 3.8) is 0 Å². The number of nitrogens with zero attached hydrogens (tertiary/aromatic N) is 2. The number of hydrogen-bond donors (Lipinski definition) is 1. The van der Waals surface area contributed by atoms with E-state index in [1.807, 2.05) is 55.4 Å². The van der Waals surface area contributed by atoms with Gasteiger partial charge >= 0.3 is 5.97 Å². The molecule has 0 radical (unpaired) electrons. The number of fused-ring (bicyclic) bond motifs is 1. The fourth-order valence-electron chi connectivity index (χ4n) is 3.04. The van der Waals surface area contributed by atoms with E-state index in [0.29, 0.717) is 18.5 Å². The van der Waals surface area contributed by atoms with Crippen molar-refractivity contribution in [1.82, 2.24) is 4.90 Å². The van der Waals surface area contributed by atoms with Crippen molar-refractivity contribution < 1.29 is 14.7 Å². The molecule has 0 aliphatic carbocycles. The van der Waals surface area contributed by atoms with Crippen molar-refractivity contribution in [2.24, 2.45) is 0 Å². The summed E-state index contributed by atoms with van der Waals surface area (Å²) in [5.41, 5.74) is 3.42. The fourth-order valence-corrected chi connectivity index (χ4v) is 3.04. The lowest BCUT2D eigenvalue weighted by atomic mass is 9.93. The Morgan fingerprint density at radius 2 is 1.79 bits per heavy atom. The molecule has 1 aliphatic rings. The average Bonchev–Trinajstić information content (AvgIpc) is 2.60. The van der Waals surface area contributed by atoms with Crippen LogP contribution in [0.2, 0.25) is 0 Å². The van der Waals surface area contributed by atoms with Crippen molar-refractivity contribution in [2.75, 3.05) is 19.0 Å². The number of amides is 1. The van der Waals surface area contributed by atoms with Crippen LogP contribution < -0.4 is 4.90 Å². The van der Waals surface area contributed by atoms with Crippen LogP contribution in [0.15, 0.2) is 48.5 Å². The third-order valence-electron chi connectivity index (χ3n) is 4.40. The van der Waals surface area contributed by atoms with Gasteiger partial charge < -0.3 is 14.9 Å². The third kappa shape index (κ3) is 2.97. The molecule has 0 bridgehead atoms. The standard InChI is InChI=1S/C19H20N2O3/c1-20(2)16-9-5-8-14(10-16)18(22)21-12-15-7-4-3-6-13(15)11-17(21)19(23)24/h3-10,17H,11-12H2,1-2H3,(H,23,24)/t17-/m1/s1. The molecule has 2 aromatic carbocycles. The van der Waals surface area contributed by atoms with E-state index < -0.39 is 12.0 Å². The molecule has 0 saturated heterocycles. The van der Waals surface area contributed by atoms with E-state index in [1.165, 1.54) is 4.90 Å². The molecule has 1 aliphatic heterocycles. The van der Waals surface area contributed by atoms with Crippen molar-refractivity contribution in [2.45, 2.75) is 19.0 Å². The summed E-state index contributed by atoms with van der Waals surface area (Å²) in [7, 11) is 3.81. The quantitative estimate of drug-likeness (QED) is 0.942. The highest BCUT2D eigenvalue weighted by molar-refractivity contribution is 5.97. The first-order valence-corrected chi connectivity index (χ1v) is 7.85. The number of carbonyl (C=O) groups excluding carboxylic acids is 1. The minimum absolute atomic E-state index is 0.249. The summed E-state index contributed by atoms with van der Waals surface area (Å²) in [4.78, 5) is 28.0. The summed E-state index contributed by atoms with van der Waals surface area (Å²) in [5.74, 6) is -1.22. The van der Waals surface area contributed by atoms with E-state index in [2.05, 4.69) is 0 Å². The molecule has 5 nitrogen and oxygen atoms in total. The van der Waals surface area contributed by atoms with E-state index in [-0.39, 0.29) is 5.91 Å². The van der Waals surface area contributed by atoms with Gasteiger partial charge in [0.05, 0.1) is 0 Å². The van der Waals surface area contributed by atoms with Crippen LogP contribution in [0.5, 0.6) is 0 Å². The van der Waals surface area contributed by atoms with E-state index in [4.69, 9.17) is 0 Å². The summed E-state index contributed by atoms with van der Waals surface area (Å²) >= 11 is 0. The maximum absolute atomic E-state index is 12.9. The maximum atomic E-state index is 12.9. The average molecular weight is 324 g/mol. The Hall–Kier alpha value is -2.82. The predicted molar refractivity (Wildman–Crippen MR) is 92.2 cm³/mol. The lowest BCUT2D eigenvalue weighted by molar-refractivity contribution is -0.142. The molecule has 0 unspecified atom stereocenters. The third-order valence-corrected chi connectivity index (χ3v) is 4.40. The number of benzene rings is 2. The van der Waals surface area contributed by atoms with Gasteiger partial charge in [-0.1, -0.05) is 30.3 Å². The van der Waals surface area contributed by atoms with Gasteiger partial charge in [0, 0.05) is 38.3 Å². The molecule has 0 aromatic heterocycles. The molecule has 0 saturated carbocycles. The number of aliphatic carboxylic acids is 1. The Kier molecular flexibility index (Phi) is 4.25. The van der Waals surface area contributed by atoms with Crippen molar-refractivity contribution >= 4 is 17.6 Å². The predicted octanol–water partition coefficient (Wildman–Crippen LogP) is 2.40. The van der Waals surface area contributed by atoms with Crippen molar-refractivity contribution in [3.8, 4) is 0 Å². The zero-order valence-electron chi connectivity index (χ0n) is 13.8. The van der Waals surface area contributed by atoms with Gasteiger partial charge in [0.15, 0.2) is 0 Å². The lowest BCUT2D eigenvalue weighted by Gasteiger charge is -2.34. The van der Waals surface area contributed by atoms with Gasteiger partial charge in [-0.05, 0) is 29.3 Å².